The van der Waals surface area contributed by atoms with E-state index in [0.29, 0.717) is 10.0 Å². The van der Waals surface area contributed by atoms with Crippen LogP contribution in [0.5, 0.6) is 11.5 Å². The van der Waals surface area contributed by atoms with Gasteiger partial charge in [-0.2, -0.15) is 0 Å². The minimum absolute atomic E-state index is 0.539. The van der Waals surface area contributed by atoms with Gasteiger partial charge < -0.3 is 9.47 Å². The Labute approximate surface area is 128 Å². The molecule has 0 fully saturated rings. The molecule has 4 heteroatoms. The predicted molar refractivity (Wildman–Crippen MR) is 84.9 cm³/mol. The molecule has 0 aliphatic carbocycles. The maximum Gasteiger partial charge on any atom is 0.123 e. The molecule has 0 bridgehead atoms. The minimum atomic E-state index is 0.539. The van der Waals surface area contributed by atoms with E-state index in [1.165, 1.54) is 0 Å². The molecule has 20 heavy (non-hydrogen) atoms. The molecule has 0 saturated heterocycles. The highest BCUT2D eigenvalue weighted by Gasteiger charge is 2.00. The summed E-state index contributed by atoms with van der Waals surface area (Å²) in [7, 11) is 3.25. The van der Waals surface area contributed by atoms with Gasteiger partial charge in [-0.1, -0.05) is 41.4 Å². The number of hydrogen-bond acceptors (Lipinski definition) is 2. The third-order valence-electron chi connectivity index (χ3n) is 2.79. The first kappa shape index (κ1) is 14.8. The number of methoxy groups -OCH3 is 2. The van der Waals surface area contributed by atoms with Crippen molar-refractivity contribution in [1.82, 2.24) is 0 Å². The number of ether oxygens (including phenoxy) is 2. The Morgan fingerprint density at radius 2 is 1.35 bits per heavy atom. The average molecular weight is 309 g/mol. The van der Waals surface area contributed by atoms with E-state index in [-0.39, 0.29) is 0 Å². The predicted octanol–water partition coefficient (Wildman–Crippen LogP) is 5.18. The van der Waals surface area contributed by atoms with Gasteiger partial charge in [0.15, 0.2) is 0 Å². The second-order valence-electron chi connectivity index (χ2n) is 4.15. The van der Waals surface area contributed by atoms with Crippen LogP contribution in [0.1, 0.15) is 11.1 Å². The zero-order chi connectivity index (χ0) is 14.5. The maximum absolute atomic E-state index is 5.99. The van der Waals surface area contributed by atoms with Crippen LogP contribution < -0.4 is 9.47 Å². The van der Waals surface area contributed by atoms with Crippen LogP contribution in [0, 0.1) is 0 Å². The Bertz CT molecular complexity index is 614. The van der Waals surface area contributed by atoms with Gasteiger partial charge in [0.2, 0.25) is 0 Å². The largest absolute Gasteiger partial charge is 0.497 e. The van der Waals surface area contributed by atoms with E-state index in [0.717, 1.165) is 22.6 Å². The van der Waals surface area contributed by atoms with Crippen LogP contribution in [-0.2, 0) is 0 Å². The van der Waals surface area contributed by atoms with Crippen molar-refractivity contribution >= 4 is 35.4 Å². The molecule has 0 heterocycles. The van der Waals surface area contributed by atoms with Crippen molar-refractivity contribution < 1.29 is 9.47 Å². The zero-order valence-electron chi connectivity index (χ0n) is 11.2. The molecule has 0 aromatic heterocycles. The highest BCUT2D eigenvalue weighted by atomic mass is 35.5. The fraction of sp³-hybridized carbons (Fsp3) is 0.125. The second kappa shape index (κ2) is 6.69. The van der Waals surface area contributed by atoms with Gasteiger partial charge in [-0.15, -0.1) is 0 Å². The molecule has 0 amide bonds. The fourth-order valence-corrected chi connectivity index (χ4v) is 2.04. The van der Waals surface area contributed by atoms with Crippen molar-refractivity contribution in [2.45, 2.75) is 0 Å². The van der Waals surface area contributed by atoms with Gasteiger partial charge in [0, 0.05) is 6.07 Å². The molecule has 0 aliphatic heterocycles. The summed E-state index contributed by atoms with van der Waals surface area (Å²) in [5, 5.41) is 1.09. The topological polar surface area (TPSA) is 18.5 Å². The lowest BCUT2D eigenvalue weighted by molar-refractivity contribution is 0.394. The normalized spacial score (nSPS) is 10.8. The van der Waals surface area contributed by atoms with Gasteiger partial charge in [-0.05, 0) is 35.4 Å². The Kier molecular flexibility index (Phi) is 4.94. The van der Waals surface area contributed by atoms with Crippen LogP contribution in [0.25, 0.3) is 12.2 Å². The molecule has 0 unspecified atom stereocenters. The highest BCUT2D eigenvalue weighted by Crippen LogP contribution is 2.26. The summed E-state index contributed by atoms with van der Waals surface area (Å²) in [6, 6.07) is 11.2. The van der Waals surface area contributed by atoms with E-state index in [2.05, 4.69) is 0 Å². The fourth-order valence-electron chi connectivity index (χ4n) is 1.73. The quantitative estimate of drug-likeness (QED) is 0.724. The molecular formula is C16H14Cl2O2. The Morgan fingerprint density at radius 3 is 1.90 bits per heavy atom. The maximum atomic E-state index is 5.99. The van der Waals surface area contributed by atoms with Crippen LogP contribution in [0.2, 0.25) is 10.0 Å². The molecule has 2 aromatic rings. The van der Waals surface area contributed by atoms with E-state index in [9.17, 15) is 0 Å². The van der Waals surface area contributed by atoms with Crippen molar-refractivity contribution in [3.05, 3.63) is 57.6 Å². The van der Waals surface area contributed by atoms with Gasteiger partial charge in [-0.3, -0.25) is 0 Å². The summed E-state index contributed by atoms with van der Waals surface area (Å²) in [4.78, 5) is 0. The Morgan fingerprint density at radius 1 is 0.750 bits per heavy atom. The molecule has 0 spiro atoms. The van der Waals surface area contributed by atoms with Crippen LogP contribution in [0.3, 0.4) is 0 Å². The molecule has 2 nitrogen and oxygen atoms in total. The van der Waals surface area contributed by atoms with Crippen LogP contribution in [0.15, 0.2) is 36.4 Å². The summed E-state index contributed by atoms with van der Waals surface area (Å²) in [5.41, 5.74) is 1.95. The number of halogens is 2. The van der Waals surface area contributed by atoms with E-state index in [1.807, 2.05) is 42.5 Å². The summed E-state index contributed by atoms with van der Waals surface area (Å²) in [5.74, 6) is 1.50. The summed E-state index contributed by atoms with van der Waals surface area (Å²) >= 11 is 11.9. The minimum Gasteiger partial charge on any atom is -0.497 e. The smallest absolute Gasteiger partial charge is 0.123 e. The molecule has 0 aliphatic rings. The van der Waals surface area contributed by atoms with E-state index < -0.39 is 0 Å². The monoisotopic (exact) mass is 308 g/mol. The van der Waals surface area contributed by atoms with Gasteiger partial charge in [0.25, 0.3) is 0 Å². The van der Waals surface area contributed by atoms with Gasteiger partial charge >= 0.3 is 0 Å². The standard InChI is InChI=1S/C16H14Cl2O2/c1-19-13-7-12(8-14(10-13)20-2)4-3-11-5-6-15(17)16(18)9-11/h3-10H,1-2H3/b4-3+. The van der Waals surface area contributed by atoms with E-state index in [1.54, 1.807) is 20.3 Å². The molecule has 0 radical (unpaired) electrons. The second-order valence-corrected chi connectivity index (χ2v) is 4.97. The molecule has 2 aromatic carbocycles. The first-order chi connectivity index (χ1) is 9.62. The van der Waals surface area contributed by atoms with Crippen molar-refractivity contribution in [3.8, 4) is 11.5 Å². The molecule has 2 rings (SSSR count). The molecule has 0 N–H and O–H groups in total. The first-order valence-electron chi connectivity index (χ1n) is 5.98. The molecule has 104 valence electrons. The molecular weight excluding hydrogens is 295 g/mol. The zero-order valence-corrected chi connectivity index (χ0v) is 12.7. The van der Waals surface area contributed by atoms with Crippen molar-refractivity contribution in [3.63, 3.8) is 0 Å². The van der Waals surface area contributed by atoms with Gasteiger partial charge in [0.05, 0.1) is 24.3 Å². The molecule has 0 atom stereocenters. The van der Waals surface area contributed by atoms with Gasteiger partial charge in [0.1, 0.15) is 11.5 Å². The Balaban J connectivity index is 2.28. The van der Waals surface area contributed by atoms with Crippen LogP contribution >= 0.6 is 23.2 Å². The highest BCUT2D eigenvalue weighted by molar-refractivity contribution is 6.42. The average Bonchev–Trinajstić information content (AvgIpc) is 2.48. The van der Waals surface area contributed by atoms with E-state index >= 15 is 0 Å². The van der Waals surface area contributed by atoms with Crippen molar-refractivity contribution in [1.29, 1.82) is 0 Å². The number of benzene rings is 2. The van der Waals surface area contributed by atoms with Crippen LogP contribution in [-0.4, -0.2) is 14.2 Å². The lowest BCUT2D eigenvalue weighted by Gasteiger charge is -2.05. The van der Waals surface area contributed by atoms with Crippen LogP contribution in [0.4, 0.5) is 0 Å². The molecule has 0 saturated carbocycles. The van der Waals surface area contributed by atoms with Crippen molar-refractivity contribution in [2.75, 3.05) is 14.2 Å². The van der Waals surface area contributed by atoms with E-state index in [4.69, 9.17) is 32.7 Å². The SMILES string of the molecule is COc1cc(/C=C/c2ccc(Cl)c(Cl)c2)cc(OC)c1. The van der Waals surface area contributed by atoms with Crippen molar-refractivity contribution in [2.24, 2.45) is 0 Å². The summed E-state index contributed by atoms with van der Waals surface area (Å²) < 4.78 is 10.5. The Hall–Kier alpha value is -1.64. The third-order valence-corrected chi connectivity index (χ3v) is 3.52. The third kappa shape index (κ3) is 3.69. The lowest BCUT2D eigenvalue weighted by atomic mass is 10.1. The summed E-state index contributed by atoms with van der Waals surface area (Å²) in [6.07, 6.45) is 3.92. The number of rotatable bonds is 4. The first-order valence-corrected chi connectivity index (χ1v) is 6.74. The number of hydrogen-bond donors (Lipinski definition) is 0. The summed E-state index contributed by atoms with van der Waals surface area (Å²) in [6.45, 7) is 0. The van der Waals surface area contributed by atoms with Gasteiger partial charge in [-0.25, -0.2) is 0 Å². The lowest BCUT2D eigenvalue weighted by Crippen LogP contribution is -1.88.